The summed E-state index contributed by atoms with van der Waals surface area (Å²) in [5.41, 5.74) is 2.95. The largest absolute Gasteiger partial charge is 0.381 e. The first kappa shape index (κ1) is 22.2. The molecule has 1 amide bonds. The predicted molar refractivity (Wildman–Crippen MR) is 121 cm³/mol. The third-order valence-corrected chi connectivity index (χ3v) is 6.52. The van der Waals surface area contributed by atoms with Gasteiger partial charge in [0.25, 0.3) is 11.6 Å². The molecule has 0 aliphatic carbocycles. The zero-order valence-electron chi connectivity index (χ0n) is 18.3. The monoisotopic (exact) mass is 439 g/mol. The van der Waals surface area contributed by atoms with E-state index in [1.807, 2.05) is 12.1 Å². The molecule has 2 heterocycles. The lowest BCUT2D eigenvalue weighted by molar-refractivity contribution is -0.384. The molecule has 0 bridgehead atoms. The molecule has 32 heavy (non-hydrogen) atoms. The Bertz CT molecular complexity index is 981. The number of amides is 1. The van der Waals surface area contributed by atoms with Crippen LogP contribution in [0.1, 0.15) is 34.3 Å². The van der Waals surface area contributed by atoms with E-state index in [-0.39, 0.29) is 17.0 Å². The number of hydrogen-bond acceptors (Lipinski definition) is 6. The lowest BCUT2D eigenvalue weighted by atomic mass is 9.72. The van der Waals surface area contributed by atoms with E-state index < -0.39 is 4.92 Å². The minimum atomic E-state index is -0.428. The number of nitro groups is 1. The van der Waals surface area contributed by atoms with E-state index >= 15 is 0 Å². The Morgan fingerprint density at radius 2 is 1.78 bits per heavy atom. The quantitative estimate of drug-likeness (QED) is 0.547. The van der Waals surface area contributed by atoms with Gasteiger partial charge in [0.1, 0.15) is 5.69 Å². The maximum atomic E-state index is 12.8. The van der Waals surface area contributed by atoms with Crippen LogP contribution < -0.4 is 5.32 Å². The number of carbonyl (C=O) groups excluding carboxylic acids is 1. The average Bonchev–Trinajstić information content (AvgIpc) is 2.83. The molecule has 0 radical (unpaired) electrons. The molecule has 4 rings (SSSR count). The number of anilines is 1. The average molecular weight is 440 g/mol. The SMILES string of the molecule is Cc1ccccc1C1(CNc2ccc(C(=O)N3CCOCC3)cc2[N+](=O)[O-])CCOCC1. The molecule has 2 fully saturated rings. The molecule has 2 saturated heterocycles. The summed E-state index contributed by atoms with van der Waals surface area (Å²) in [7, 11) is 0. The molecule has 0 spiro atoms. The Hall–Kier alpha value is -2.97. The Balaban J connectivity index is 1.58. The van der Waals surface area contributed by atoms with Crippen molar-refractivity contribution in [2.45, 2.75) is 25.2 Å². The number of morpholine rings is 1. The summed E-state index contributed by atoms with van der Waals surface area (Å²) in [5, 5.41) is 15.2. The third kappa shape index (κ3) is 4.61. The Labute approximate surface area is 187 Å². The van der Waals surface area contributed by atoms with Gasteiger partial charge in [0.15, 0.2) is 0 Å². The fourth-order valence-electron chi connectivity index (χ4n) is 4.65. The molecule has 1 N–H and O–H groups in total. The van der Waals surface area contributed by atoms with Crippen molar-refractivity contribution in [3.8, 4) is 0 Å². The molecule has 0 atom stereocenters. The fraction of sp³-hybridized carbons (Fsp3) is 0.458. The van der Waals surface area contributed by atoms with Crippen molar-refractivity contribution in [1.82, 2.24) is 4.90 Å². The molecule has 0 saturated carbocycles. The van der Waals surface area contributed by atoms with E-state index in [0.717, 1.165) is 12.8 Å². The Kier molecular flexibility index (Phi) is 6.72. The van der Waals surface area contributed by atoms with Crippen LogP contribution in [0.5, 0.6) is 0 Å². The summed E-state index contributed by atoms with van der Waals surface area (Å²) in [6, 6.07) is 13.0. The highest BCUT2D eigenvalue weighted by Gasteiger charge is 2.36. The number of rotatable bonds is 6. The molecule has 0 unspecified atom stereocenters. The van der Waals surface area contributed by atoms with E-state index in [4.69, 9.17) is 9.47 Å². The fourth-order valence-corrected chi connectivity index (χ4v) is 4.65. The van der Waals surface area contributed by atoms with Gasteiger partial charge in [0.2, 0.25) is 0 Å². The van der Waals surface area contributed by atoms with Crippen LogP contribution in [0.2, 0.25) is 0 Å². The highest BCUT2D eigenvalue weighted by molar-refractivity contribution is 5.95. The van der Waals surface area contributed by atoms with Gasteiger partial charge < -0.3 is 19.7 Å². The Morgan fingerprint density at radius 3 is 2.47 bits per heavy atom. The van der Waals surface area contributed by atoms with Crippen molar-refractivity contribution in [3.05, 3.63) is 69.3 Å². The molecule has 2 aromatic carbocycles. The molecule has 8 nitrogen and oxygen atoms in total. The number of hydrogen-bond donors (Lipinski definition) is 1. The summed E-state index contributed by atoms with van der Waals surface area (Å²) in [4.78, 5) is 25.9. The second-order valence-electron chi connectivity index (χ2n) is 8.45. The second kappa shape index (κ2) is 9.67. The maximum absolute atomic E-state index is 12.8. The van der Waals surface area contributed by atoms with Gasteiger partial charge in [-0.2, -0.15) is 0 Å². The van der Waals surface area contributed by atoms with Crippen molar-refractivity contribution >= 4 is 17.3 Å². The molecule has 170 valence electrons. The normalized spacial score (nSPS) is 18.2. The standard InChI is InChI=1S/C24H29N3O5/c1-18-4-2-3-5-20(18)24(8-12-31-13-9-24)17-25-21-7-6-19(16-22(21)27(29)30)23(28)26-10-14-32-15-11-26/h2-7,16,25H,8-15,17H2,1H3. The number of benzene rings is 2. The number of nitrogens with one attached hydrogen (secondary N) is 1. The minimum Gasteiger partial charge on any atom is -0.381 e. The lowest BCUT2D eigenvalue weighted by Crippen LogP contribution is -2.41. The van der Waals surface area contributed by atoms with Crippen molar-refractivity contribution in [2.24, 2.45) is 0 Å². The molecular weight excluding hydrogens is 410 g/mol. The van der Waals surface area contributed by atoms with E-state index in [2.05, 4.69) is 24.4 Å². The summed E-state index contributed by atoms with van der Waals surface area (Å²) in [5.74, 6) is -0.205. The van der Waals surface area contributed by atoms with Gasteiger partial charge in [-0.3, -0.25) is 14.9 Å². The van der Waals surface area contributed by atoms with E-state index in [1.165, 1.54) is 17.2 Å². The highest BCUT2D eigenvalue weighted by atomic mass is 16.6. The number of carbonyl (C=O) groups is 1. The zero-order valence-corrected chi connectivity index (χ0v) is 18.3. The molecule has 0 aromatic heterocycles. The van der Waals surface area contributed by atoms with Crippen LogP contribution in [0.15, 0.2) is 42.5 Å². The van der Waals surface area contributed by atoms with Gasteiger partial charge in [0, 0.05) is 49.9 Å². The van der Waals surface area contributed by atoms with Crippen LogP contribution >= 0.6 is 0 Å². The molecule has 2 aromatic rings. The first-order valence-corrected chi connectivity index (χ1v) is 11.0. The van der Waals surface area contributed by atoms with Gasteiger partial charge in [-0.15, -0.1) is 0 Å². The van der Waals surface area contributed by atoms with Gasteiger partial charge in [-0.05, 0) is 43.0 Å². The maximum Gasteiger partial charge on any atom is 0.293 e. The molecule has 8 heteroatoms. The van der Waals surface area contributed by atoms with Gasteiger partial charge in [-0.1, -0.05) is 24.3 Å². The van der Waals surface area contributed by atoms with Crippen LogP contribution in [0.25, 0.3) is 0 Å². The van der Waals surface area contributed by atoms with Gasteiger partial charge in [0.05, 0.1) is 18.1 Å². The van der Waals surface area contributed by atoms with E-state index in [0.29, 0.717) is 57.3 Å². The van der Waals surface area contributed by atoms with Crippen LogP contribution in [0.3, 0.4) is 0 Å². The van der Waals surface area contributed by atoms with Gasteiger partial charge in [-0.25, -0.2) is 0 Å². The van der Waals surface area contributed by atoms with Crippen molar-refractivity contribution in [2.75, 3.05) is 51.4 Å². The number of ether oxygens (including phenoxy) is 2. The number of aryl methyl sites for hydroxylation is 1. The summed E-state index contributed by atoms with van der Waals surface area (Å²) < 4.78 is 10.9. The zero-order chi connectivity index (χ0) is 22.6. The first-order chi connectivity index (χ1) is 15.5. The first-order valence-electron chi connectivity index (χ1n) is 11.0. The Morgan fingerprint density at radius 1 is 1.09 bits per heavy atom. The van der Waals surface area contributed by atoms with E-state index in [1.54, 1.807) is 17.0 Å². The lowest BCUT2D eigenvalue weighted by Gasteiger charge is -2.39. The summed E-state index contributed by atoms with van der Waals surface area (Å²) >= 11 is 0. The summed E-state index contributed by atoms with van der Waals surface area (Å²) in [6.07, 6.45) is 1.68. The van der Waals surface area contributed by atoms with Crippen molar-refractivity contribution in [1.29, 1.82) is 0 Å². The predicted octanol–water partition coefficient (Wildman–Crippen LogP) is 3.54. The molecular formula is C24H29N3O5. The minimum absolute atomic E-state index is 0.0869. The topological polar surface area (TPSA) is 93.9 Å². The van der Waals surface area contributed by atoms with Crippen molar-refractivity contribution < 1.29 is 19.2 Å². The number of nitrogens with zero attached hydrogens (tertiary/aromatic N) is 2. The van der Waals surface area contributed by atoms with Crippen LogP contribution in [0.4, 0.5) is 11.4 Å². The van der Waals surface area contributed by atoms with Crippen molar-refractivity contribution in [3.63, 3.8) is 0 Å². The molecule has 2 aliphatic rings. The second-order valence-corrected chi connectivity index (χ2v) is 8.45. The summed E-state index contributed by atoms with van der Waals surface area (Å²) in [6.45, 7) is 5.92. The number of nitro benzene ring substituents is 1. The van der Waals surface area contributed by atoms with E-state index in [9.17, 15) is 14.9 Å². The van der Waals surface area contributed by atoms with Crippen LogP contribution in [-0.4, -0.2) is 61.8 Å². The molecule has 2 aliphatic heterocycles. The van der Waals surface area contributed by atoms with Crippen LogP contribution in [0, 0.1) is 17.0 Å². The highest BCUT2D eigenvalue weighted by Crippen LogP contribution is 2.38. The van der Waals surface area contributed by atoms with Crippen LogP contribution in [-0.2, 0) is 14.9 Å². The van der Waals surface area contributed by atoms with Gasteiger partial charge >= 0.3 is 0 Å². The third-order valence-electron chi connectivity index (χ3n) is 6.52. The smallest absolute Gasteiger partial charge is 0.293 e.